The van der Waals surface area contributed by atoms with Crippen LogP contribution in [0.15, 0.2) is 54.1 Å². The first-order valence-corrected chi connectivity index (χ1v) is 10.2. The van der Waals surface area contributed by atoms with E-state index in [4.69, 9.17) is 0 Å². The number of benzene rings is 2. The molecule has 1 aliphatic rings. The van der Waals surface area contributed by atoms with Crippen LogP contribution < -0.4 is 0 Å². The fourth-order valence-corrected chi connectivity index (χ4v) is 3.74. The molecule has 29 heavy (non-hydrogen) atoms. The van der Waals surface area contributed by atoms with Crippen LogP contribution in [-0.4, -0.2) is 28.2 Å². The van der Waals surface area contributed by atoms with Crippen molar-refractivity contribution in [3.05, 3.63) is 76.4 Å². The van der Waals surface area contributed by atoms with Crippen LogP contribution in [0.5, 0.6) is 0 Å². The first-order valence-electron chi connectivity index (χ1n) is 10.2. The van der Waals surface area contributed by atoms with Gasteiger partial charge in [-0.2, -0.15) is 0 Å². The summed E-state index contributed by atoms with van der Waals surface area (Å²) in [5, 5.41) is 11.0. The summed E-state index contributed by atoms with van der Waals surface area (Å²) in [5.41, 5.74) is 3.79. The smallest absolute Gasteiger partial charge is 0.295 e. The second-order valence-electron chi connectivity index (χ2n) is 8.53. The normalized spacial score (nSPS) is 18.9. The summed E-state index contributed by atoms with van der Waals surface area (Å²) in [6.07, 6.45) is 0. The van der Waals surface area contributed by atoms with Crippen LogP contribution in [0, 0.1) is 12.8 Å². The quantitative estimate of drug-likeness (QED) is 0.433. The number of rotatable bonds is 5. The number of hydrogen-bond acceptors (Lipinski definition) is 3. The van der Waals surface area contributed by atoms with E-state index in [0.717, 1.165) is 11.1 Å². The van der Waals surface area contributed by atoms with Crippen molar-refractivity contribution < 1.29 is 14.7 Å². The number of amides is 1. The minimum atomic E-state index is -0.623. The van der Waals surface area contributed by atoms with E-state index in [-0.39, 0.29) is 17.3 Å². The van der Waals surface area contributed by atoms with Gasteiger partial charge in [-0.15, -0.1) is 0 Å². The molecule has 0 aliphatic carbocycles. The summed E-state index contributed by atoms with van der Waals surface area (Å²) < 4.78 is 0. The molecule has 0 radical (unpaired) electrons. The number of likely N-dealkylation sites (tertiary alicyclic amines) is 1. The number of Topliss-reactive ketones (excluding diaryl/α,β-unsaturated/α-hetero) is 1. The molecule has 1 atom stereocenters. The van der Waals surface area contributed by atoms with Gasteiger partial charge in [0.25, 0.3) is 11.7 Å². The number of aliphatic hydroxyl groups excluding tert-OH is 1. The SMILES string of the molecule is Cc1ccc(/C(O)=C2\C(=O)C(=O)N(CC(C)C)C2c2ccc(C(C)C)cc2)cc1. The van der Waals surface area contributed by atoms with E-state index in [0.29, 0.717) is 18.0 Å². The average Bonchev–Trinajstić information content (AvgIpc) is 2.92. The molecular formula is C25H29NO3. The average molecular weight is 392 g/mol. The van der Waals surface area contributed by atoms with Gasteiger partial charge in [-0.1, -0.05) is 81.8 Å². The summed E-state index contributed by atoms with van der Waals surface area (Å²) >= 11 is 0. The first kappa shape index (κ1) is 20.8. The van der Waals surface area contributed by atoms with Crippen molar-refractivity contribution in [1.82, 2.24) is 4.90 Å². The number of aliphatic hydroxyl groups is 1. The van der Waals surface area contributed by atoms with E-state index in [1.165, 1.54) is 5.56 Å². The maximum absolute atomic E-state index is 12.9. The molecule has 2 aromatic rings. The molecule has 1 N–H and O–H groups in total. The van der Waals surface area contributed by atoms with Crippen LogP contribution >= 0.6 is 0 Å². The van der Waals surface area contributed by atoms with Crippen LogP contribution in [-0.2, 0) is 9.59 Å². The summed E-state index contributed by atoms with van der Waals surface area (Å²) in [5.74, 6) is -0.705. The summed E-state index contributed by atoms with van der Waals surface area (Å²) in [6, 6.07) is 14.7. The van der Waals surface area contributed by atoms with Crippen molar-refractivity contribution in [1.29, 1.82) is 0 Å². The number of carbonyl (C=O) groups excluding carboxylic acids is 2. The zero-order valence-corrected chi connectivity index (χ0v) is 17.8. The minimum absolute atomic E-state index is 0.118. The van der Waals surface area contributed by atoms with Crippen LogP contribution in [0.1, 0.15) is 61.9 Å². The van der Waals surface area contributed by atoms with E-state index in [2.05, 4.69) is 13.8 Å². The van der Waals surface area contributed by atoms with Crippen molar-refractivity contribution in [2.24, 2.45) is 5.92 Å². The lowest BCUT2D eigenvalue weighted by Gasteiger charge is -2.27. The standard InChI is InChI=1S/C25H29NO3/c1-15(2)14-26-22(19-12-10-18(11-13-19)16(3)4)21(24(28)25(26)29)23(27)20-8-6-17(5)7-9-20/h6-13,15-16,22,27H,14H2,1-5H3/b23-21+. The van der Waals surface area contributed by atoms with Crippen molar-refractivity contribution in [2.45, 2.75) is 46.6 Å². The summed E-state index contributed by atoms with van der Waals surface area (Å²) in [7, 11) is 0. The van der Waals surface area contributed by atoms with Gasteiger partial charge in [-0.25, -0.2) is 0 Å². The number of ketones is 1. The fourth-order valence-electron chi connectivity index (χ4n) is 3.74. The van der Waals surface area contributed by atoms with Crippen LogP contribution in [0.25, 0.3) is 5.76 Å². The Hall–Kier alpha value is -2.88. The fraction of sp³-hybridized carbons (Fsp3) is 0.360. The van der Waals surface area contributed by atoms with Crippen LogP contribution in [0.2, 0.25) is 0 Å². The van der Waals surface area contributed by atoms with Gasteiger partial charge < -0.3 is 10.0 Å². The highest BCUT2D eigenvalue weighted by Crippen LogP contribution is 2.40. The Kier molecular flexibility index (Phi) is 5.92. The van der Waals surface area contributed by atoms with Gasteiger partial charge in [0, 0.05) is 12.1 Å². The second-order valence-corrected chi connectivity index (χ2v) is 8.53. The lowest BCUT2D eigenvalue weighted by Crippen LogP contribution is -2.33. The highest BCUT2D eigenvalue weighted by molar-refractivity contribution is 6.46. The van der Waals surface area contributed by atoms with E-state index >= 15 is 0 Å². The maximum Gasteiger partial charge on any atom is 0.295 e. The third kappa shape index (κ3) is 4.12. The van der Waals surface area contributed by atoms with Crippen molar-refractivity contribution in [3.63, 3.8) is 0 Å². The van der Waals surface area contributed by atoms with Gasteiger partial charge in [0.1, 0.15) is 5.76 Å². The topological polar surface area (TPSA) is 57.6 Å². The Labute approximate surface area is 172 Å². The zero-order valence-electron chi connectivity index (χ0n) is 17.8. The van der Waals surface area contributed by atoms with E-state index in [1.54, 1.807) is 17.0 Å². The van der Waals surface area contributed by atoms with Gasteiger partial charge in [-0.05, 0) is 29.9 Å². The van der Waals surface area contributed by atoms with E-state index < -0.39 is 17.7 Å². The van der Waals surface area contributed by atoms with Gasteiger partial charge in [0.05, 0.1) is 11.6 Å². The van der Waals surface area contributed by atoms with Gasteiger partial charge in [0.15, 0.2) is 0 Å². The lowest BCUT2D eigenvalue weighted by atomic mass is 9.93. The minimum Gasteiger partial charge on any atom is -0.507 e. The molecule has 4 heteroatoms. The molecule has 3 rings (SSSR count). The van der Waals surface area contributed by atoms with Gasteiger partial charge >= 0.3 is 0 Å². The summed E-state index contributed by atoms with van der Waals surface area (Å²) in [4.78, 5) is 27.4. The molecule has 0 spiro atoms. The van der Waals surface area contributed by atoms with Gasteiger partial charge in [0.2, 0.25) is 0 Å². The highest BCUT2D eigenvalue weighted by atomic mass is 16.3. The molecule has 152 valence electrons. The highest BCUT2D eigenvalue weighted by Gasteiger charge is 2.46. The predicted molar refractivity (Wildman–Crippen MR) is 116 cm³/mol. The largest absolute Gasteiger partial charge is 0.507 e. The van der Waals surface area contributed by atoms with Crippen LogP contribution in [0.4, 0.5) is 0 Å². The first-order chi connectivity index (χ1) is 13.7. The lowest BCUT2D eigenvalue weighted by molar-refractivity contribution is -0.140. The Morgan fingerprint density at radius 1 is 0.966 bits per heavy atom. The molecule has 4 nitrogen and oxygen atoms in total. The molecule has 1 unspecified atom stereocenters. The molecule has 1 fully saturated rings. The van der Waals surface area contributed by atoms with Crippen molar-refractivity contribution >= 4 is 17.4 Å². The monoisotopic (exact) mass is 391 g/mol. The third-order valence-electron chi connectivity index (χ3n) is 5.35. The Morgan fingerprint density at radius 3 is 2.07 bits per heavy atom. The molecule has 0 bridgehead atoms. The molecule has 1 saturated heterocycles. The third-order valence-corrected chi connectivity index (χ3v) is 5.35. The van der Waals surface area contributed by atoms with E-state index in [9.17, 15) is 14.7 Å². The molecule has 1 heterocycles. The maximum atomic E-state index is 12.9. The van der Waals surface area contributed by atoms with Crippen molar-refractivity contribution in [3.8, 4) is 0 Å². The Bertz CT molecular complexity index is 937. The summed E-state index contributed by atoms with van der Waals surface area (Å²) in [6.45, 7) is 10.7. The molecule has 0 saturated carbocycles. The second kappa shape index (κ2) is 8.24. The Balaban J connectivity index is 2.15. The molecule has 1 aliphatic heterocycles. The van der Waals surface area contributed by atoms with Gasteiger partial charge in [-0.3, -0.25) is 9.59 Å². The Morgan fingerprint density at radius 2 is 1.55 bits per heavy atom. The predicted octanol–water partition coefficient (Wildman–Crippen LogP) is 5.20. The molecule has 2 aromatic carbocycles. The van der Waals surface area contributed by atoms with E-state index in [1.807, 2.05) is 57.2 Å². The number of aryl methyl sites for hydroxylation is 1. The molecule has 0 aromatic heterocycles. The van der Waals surface area contributed by atoms with Crippen molar-refractivity contribution in [2.75, 3.05) is 6.54 Å². The number of nitrogens with zero attached hydrogens (tertiary/aromatic N) is 1. The molecule has 1 amide bonds. The zero-order chi connectivity index (χ0) is 21.3. The number of carbonyl (C=O) groups is 2. The van der Waals surface area contributed by atoms with Crippen LogP contribution in [0.3, 0.4) is 0 Å². The molecular weight excluding hydrogens is 362 g/mol. The number of hydrogen-bond donors (Lipinski definition) is 1.